The van der Waals surface area contributed by atoms with E-state index in [1.54, 1.807) is 24.0 Å². The van der Waals surface area contributed by atoms with E-state index >= 15 is 0 Å². The Balaban J connectivity index is 1.54. The van der Waals surface area contributed by atoms with Crippen molar-refractivity contribution in [1.82, 2.24) is 5.32 Å². The Bertz CT molecular complexity index is 878. The Morgan fingerprint density at radius 2 is 1.96 bits per heavy atom. The number of aryl methyl sites for hydroxylation is 1. The molecular formula is C20H19FN2O2. The number of hydrogen-bond donors (Lipinski definition) is 1. The van der Waals surface area contributed by atoms with Gasteiger partial charge < -0.3 is 10.2 Å². The van der Waals surface area contributed by atoms with Gasteiger partial charge in [-0.1, -0.05) is 6.07 Å². The Kier molecular flexibility index (Phi) is 3.79. The van der Waals surface area contributed by atoms with Gasteiger partial charge in [-0.05, 0) is 66.3 Å². The first-order valence-electron chi connectivity index (χ1n) is 8.53. The Morgan fingerprint density at radius 3 is 2.76 bits per heavy atom. The first-order chi connectivity index (χ1) is 12.0. The Morgan fingerprint density at radius 1 is 1.12 bits per heavy atom. The number of carbonyl (C=O) groups is 2. The fourth-order valence-corrected chi connectivity index (χ4v) is 3.83. The molecule has 0 saturated heterocycles. The predicted molar refractivity (Wildman–Crippen MR) is 93.1 cm³/mol. The summed E-state index contributed by atoms with van der Waals surface area (Å²) in [6.07, 6.45) is 2.39. The monoisotopic (exact) mass is 338 g/mol. The van der Waals surface area contributed by atoms with E-state index in [1.807, 2.05) is 12.1 Å². The second kappa shape index (κ2) is 5.99. The molecule has 5 heteroatoms. The van der Waals surface area contributed by atoms with Crippen LogP contribution in [0.2, 0.25) is 0 Å². The number of rotatable bonds is 2. The van der Waals surface area contributed by atoms with E-state index in [4.69, 9.17) is 0 Å². The summed E-state index contributed by atoms with van der Waals surface area (Å²) in [6, 6.07) is 10.1. The molecule has 0 spiro atoms. The van der Waals surface area contributed by atoms with Crippen molar-refractivity contribution in [2.75, 3.05) is 11.4 Å². The number of carbonyl (C=O) groups excluding carboxylic acids is 2. The molecule has 0 saturated carbocycles. The topological polar surface area (TPSA) is 49.4 Å². The Labute approximate surface area is 145 Å². The van der Waals surface area contributed by atoms with Crippen LogP contribution in [0.1, 0.15) is 46.4 Å². The average Bonchev–Trinajstić information content (AvgIpc) is 3.18. The van der Waals surface area contributed by atoms with Crippen molar-refractivity contribution in [3.05, 3.63) is 64.5 Å². The van der Waals surface area contributed by atoms with Crippen molar-refractivity contribution in [2.45, 2.75) is 32.2 Å². The predicted octanol–water partition coefficient (Wildman–Crippen LogP) is 3.15. The third-order valence-electron chi connectivity index (χ3n) is 5.11. The molecule has 1 atom stereocenters. The molecule has 0 fully saturated rings. The lowest BCUT2D eigenvalue weighted by atomic mass is 10.1. The van der Waals surface area contributed by atoms with E-state index in [-0.39, 0.29) is 23.7 Å². The summed E-state index contributed by atoms with van der Waals surface area (Å²) in [4.78, 5) is 26.0. The van der Waals surface area contributed by atoms with Gasteiger partial charge in [0.2, 0.25) is 5.91 Å². The molecule has 1 heterocycles. The van der Waals surface area contributed by atoms with Gasteiger partial charge in [-0.2, -0.15) is 0 Å². The van der Waals surface area contributed by atoms with Crippen LogP contribution in [0.25, 0.3) is 0 Å². The minimum Gasteiger partial charge on any atom is -0.345 e. The molecule has 2 aromatic carbocycles. The number of anilines is 1. The molecule has 2 aromatic rings. The zero-order chi connectivity index (χ0) is 17.6. The lowest BCUT2D eigenvalue weighted by Gasteiger charge is -2.16. The number of hydrogen-bond acceptors (Lipinski definition) is 2. The highest BCUT2D eigenvalue weighted by molar-refractivity contribution is 5.98. The minimum atomic E-state index is -0.276. The number of benzene rings is 2. The molecule has 0 radical (unpaired) electrons. The van der Waals surface area contributed by atoms with Crippen LogP contribution in [0.15, 0.2) is 36.4 Å². The van der Waals surface area contributed by atoms with E-state index in [0.717, 1.165) is 41.6 Å². The van der Waals surface area contributed by atoms with Crippen LogP contribution in [0, 0.1) is 5.82 Å². The van der Waals surface area contributed by atoms with Gasteiger partial charge in [0.1, 0.15) is 5.82 Å². The number of nitrogens with one attached hydrogen (secondary N) is 1. The lowest BCUT2D eigenvalue weighted by molar-refractivity contribution is -0.116. The molecule has 4 nitrogen and oxygen atoms in total. The van der Waals surface area contributed by atoms with Gasteiger partial charge >= 0.3 is 0 Å². The first kappa shape index (κ1) is 15.8. The molecule has 25 heavy (non-hydrogen) atoms. The molecule has 0 aromatic heterocycles. The van der Waals surface area contributed by atoms with Crippen LogP contribution in [0.3, 0.4) is 0 Å². The molecule has 0 bridgehead atoms. The van der Waals surface area contributed by atoms with Crippen LogP contribution in [-0.4, -0.2) is 18.4 Å². The molecular weight excluding hydrogens is 319 g/mol. The summed E-state index contributed by atoms with van der Waals surface area (Å²) in [5.41, 5.74) is 4.45. The SMILES string of the molecule is CC(=O)N1CCc2cc(C(=O)NC3CCc4ccc(F)cc43)ccc21. The highest BCUT2D eigenvalue weighted by Crippen LogP contribution is 2.33. The second-order valence-electron chi connectivity index (χ2n) is 6.67. The molecule has 2 aliphatic rings. The molecule has 2 amide bonds. The van der Waals surface area contributed by atoms with Gasteiger partial charge in [-0.25, -0.2) is 4.39 Å². The van der Waals surface area contributed by atoms with Crippen LogP contribution in [-0.2, 0) is 17.6 Å². The highest BCUT2D eigenvalue weighted by atomic mass is 19.1. The van der Waals surface area contributed by atoms with Gasteiger partial charge in [0.25, 0.3) is 5.91 Å². The molecule has 1 unspecified atom stereocenters. The maximum Gasteiger partial charge on any atom is 0.251 e. The van der Waals surface area contributed by atoms with Crippen molar-refractivity contribution in [1.29, 1.82) is 0 Å². The van der Waals surface area contributed by atoms with Gasteiger partial charge in [0.05, 0.1) is 6.04 Å². The number of nitrogens with zero attached hydrogens (tertiary/aromatic N) is 1. The van der Waals surface area contributed by atoms with Crippen LogP contribution in [0.5, 0.6) is 0 Å². The quantitative estimate of drug-likeness (QED) is 0.914. The minimum absolute atomic E-state index is 0.0144. The van der Waals surface area contributed by atoms with Crippen molar-refractivity contribution in [3.63, 3.8) is 0 Å². The maximum absolute atomic E-state index is 13.5. The Hall–Kier alpha value is -2.69. The zero-order valence-electron chi connectivity index (χ0n) is 14.0. The summed E-state index contributed by atoms with van der Waals surface area (Å²) in [5, 5.41) is 3.02. The third kappa shape index (κ3) is 2.80. The average molecular weight is 338 g/mol. The molecule has 1 N–H and O–H groups in total. The van der Waals surface area contributed by atoms with Crippen LogP contribution < -0.4 is 10.2 Å². The maximum atomic E-state index is 13.5. The van der Waals surface area contributed by atoms with E-state index < -0.39 is 0 Å². The summed E-state index contributed by atoms with van der Waals surface area (Å²) in [5.74, 6) is -0.423. The van der Waals surface area contributed by atoms with Crippen molar-refractivity contribution < 1.29 is 14.0 Å². The van der Waals surface area contributed by atoms with Gasteiger partial charge in [0, 0.05) is 24.7 Å². The smallest absolute Gasteiger partial charge is 0.251 e. The van der Waals surface area contributed by atoms with Crippen LogP contribution >= 0.6 is 0 Å². The summed E-state index contributed by atoms with van der Waals surface area (Å²) < 4.78 is 13.5. The summed E-state index contributed by atoms with van der Waals surface area (Å²) in [6.45, 7) is 2.21. The van der Waals surface area contributed by atoms with Gasteiger partial charge in [-0.15, -0.1) is 0 Å². The molecule has 128 valence electrons. The molecule has 1 aliphatic heterocycles. The second-order valence-corrected chi connectivity index (χ2v) is 6.67. The number of amides is 2. The van der Waals surface area contributed by atoms with E-state index in [2.05, 4.69) is 5.32 Å². The van der Waals surface area contributed by atoms with E-state index in [1.165, 1.54) is 12.1 Å². The van der Waals surface area contributed by atoms with Gasteiger partial charge in [0.15, 0.2) is 0 Å². The zero-order valence-corrected chi connectivity index (χ0v) is 14.0. The standard InChI is InChI=1S/C20H19FN2O2/c1-12(24)23-9-8-14-10-15(4-7-19(14)23)20(25)22-18-6-3-13-2-5-16(21)11-17(13)18/h2,4-5,7,10-11,18H,3,6,8-9H2,1H3,(H,22,25). The van der Waals surface area contributed by atoms with E-state index in [0.29, 0.717) is 12.1 Å². The largest absolute Gasteiger partial charge is 0.345 e. The summed E-state index contributed by atoms with van der Waals surface area (Å²) >= 11 is 0. The lowest BCUT2D eigenvalue weighted by Crippen LogP contribution is -2.27. The summed E-state index contributed by atoms with van der Waals surface area (Å²) in [7, 11) is 0. The van der Waals surface area contributed by atoms with E-state index in [9.17, 15) is 14.0 Å². The van der Waals surface area contributed by atoms with Crippen molar-refractivity contribution in [3.8, 4) is 0 Å². The highest BCUT2D eigenvalue weighted by Gasteiger charge is 2.26. The first-order valence-corrected chi connectivity index (χ1v) is 8.53. The molecule has 4 rings (SSSR count). The normalized spacial score (nSPS) is 18.0. The fourth-order valence-electron chi connectivity index (χ4n) is 3.83. The van der Waals surface area contributed by atoms with Crippen molar-refractivity contribution >= 4 is 17.5 Å². The fraction of sp³-hybridized carbons (Fsp3) is 0.300. The van der Waals surface area contributed by atoms with Gasteiger partial charge in [-0.3, -0.25) is 9.59 Å². The number of fused-ring (bicyclic) bond motifs is 2. The molecule has 1 aliphatic carbocycles. The number of halogens is 1. The third-order valence-corrected chi connectivity index (χ3v) is 5.11. The van der Waals surface area contributed by atoms with Crippen molar-refractivity contribution in [2.24, 2.45) is 0 Å². The van der Waals surface area contributed by atoms with Crippen LogP contribution in [0.4, 0.5) is 10.1 Å².